The fourth-order valence-electron chi connectivity index (χ4n) is 2.22. The van der Waals surface area contributed by atoms with Gasteiger partial charge in [0.2, 0.25) is 0 Å². The van der Waals surface area contributed by atoms with Crippen LogP contribution in [0.15, 0.2) is 24.5 Å². The molecule has 0 saturated carbocycles. The van der Waals surface area contributed by atoms with E-state index in [1.165, 1.54) is 0 Å². The van der Waals surface area contributed by atoms with Gasteiger partial charge in [0.05, 0.1) is 18.3 Å². The molecule has 2 heterocycles. The Hall–Kier alpha value is -1.46. The van der Waals surface area contributed by atoms with Gasteiger partial charge in [0.25, 0.3) is 5.91 Å². The summed E-state index contributed by atoms with van der Waals surface area (Å²) in [6.45, 7) is 4.69. The quantitative estimate of drug-likeness (QED) is 0.839. The lowest BCUT2D eigenvalue weighted by molar-refractivity contribution is -0.139. The summed E-state index contributed by atoms with van der Waals surface area (Å²) in [4.78, 5) is 17.9. The maximum atomic E-state index is 12.3. The van der Waals surface area contributed by atoms with Crippen molar-refractivity contribution in [2.75, 3.05) is 19.7 Å². The molecular weight excluding hydrogens is 232 g/mol. The number of aromatic nitrogens is 1. The van der Waals surface area contributed by atoms with Gasteiger partial charge in [-0.3, -0.25) is 9.78 Å². The summed E-state index contributed by atoms with van der Waals surface area (Å²) in [5.41, 5.74) is 0.174. The van der Waals surface area contributed by atoms with E-state index in [0.29, 0.717) is 18.7 Å². The molecule has 98 valence electrons. The maximum Gasteiger partial charge on any atom is 0.254 e. The molecule has 1 fully saturated rings. The van der Waals surface area contributed by atoms with Gasteiger partial charge in [-0.1, -0.05) is 0 Å². The second-order valence-electron chi connectivity index (χ2n) is 5.10. The maximum absolute atomic E-state index is 12.3. The highest BCUT2D eigenvalue weighted by Crippen LogP contribution is 2.22. The molecule has 1 amide bonds. The van der Waals surface area contributed by atoms with Crippen molar-refractivity contribution < 1.29 is 14.6 Å². The fraction of sp³-hybridized carbons (Fsp3) is 0.538. The number of aliphatic hydroxyl groups excluding tert-OH is 1. The van der Waals surface area contributed by atoms with E-state index in [4.69, 9.17) is 4.74 Å². The average molecular weight is 250 g/mol. The number of hydrogen-bond acceptors (Lipinski definition) is 4. The Bertz CT molecular complexity index is 420. The summed E-state index contributed by atoms with van der Waals surface area (Å²) in [7, 11) is 0. The predicted molar refractivity (Wildman–Crippen MR) is 66.2 cm³/mol. The Morgan fingerprint density at radius 3 is 2.83 bits per heavy atom. The number of aliphatic hydroxyl groups is 1. The van der Waals surface area contributed by atoms with Gasteiger partial charge < -0.3 is 14.7 Å². The minimum atomic E-state index is -0.436. The highest BCUT2D eigenvalue weighted by molar-refractivity contribution is 5.94. The number of hydrogen-bond donors (Lipinski definition) is 1. The summed E-state index contributed by atoms with van der Waals surface area (Å²) in [5.74, 6) is -0.0489. The number of ether oxygens (including phenoxy) is 1. The third kappa shape index (κ3) is 2.86. The molecule has 0 spiro atoms. The van der Waals surface area contributed by atoms with E-state index in [2.05, 4.69) is 4.98 Å². The summed E-state index contributed by atoms with van der Waals surface area (Å²) in [6, 6.07) is 3.39. The third-order valence-corrected chi connectivity index (χ3v) is 2.90. The van der Waals surface area contributed by atoms with Crippen molar-refractivity contribution in [2.24, 2.45) is 0 Å². The lowest BCUT2D eigenvalue weighted by Gasteiger charge is -2.42. The van der Waals surface area contributed by atoms with E-state index in [-0.39, 0.29) is 18.6 Å². The summed E-state index contributed by atoms with van der Waals surface area (Å²) < 4.78 is 5.68. The third-order valence-electron chi connectivity index (χ3n) is 2.90. The van der Waals surface area contributed by atoms with E-state index in [9.17, 15) is 9.90 Å². The van der Waals surface area contributed by atoms with E-state index >= 15 is 0 Å². The molecule has 1 unspecified atom stereocenters. The lowest BCUT2D eigenvalue weighted by Crippen LogP contribution is -2.55. The van der Waals surface area contributed by atoms with Crippen molar-refractivity contribution in [2.45, 2.75) is 25.6 Å². The number of carbonyl (C=O) groups excluding carboxylic acids is 1. The minimum Gasteiger partial charge on any atom is -0.394 e. The first kappa shape index (κ1) is 13.0. The molecule has 0 aliphatic carbocycles. The molecule has 2 rings (SSSR count). The van der Waals surface area contributed by atoms with Gasteiger partial charge in [-0.15, -0.1) is 0 Å². The number of carbonyl (C=O) groups is 1. The van der Waals surface area contributed by atoms with Gasteiger partial charge in [-0.2, -0.15) is 0 Å². The largest absolute Gasteiger partial charge is 0.394 e. The highest BCUT2D eigenvalue weighted by Gasteiger charge is 2.35. The van der Waals surface area contributed by atoms with Crippen LogP contribution in [0, 0.1) is 0 Å². The molecule has 1 atom stereocenters. The molecule has 1 N–H and O–H groups in total. The van der Waals surface area contributed by atoms with Gasteiger partial charge >= 0.3 is 0 Å². The molecule has 1 aliphatic rings. The number of morpholine rings is 1. The molecule has 18 heavy (non-hydrogen) atoms. The summed E-state index contributed by atoms with van der Waals surface area (Å²) >= 11 is 0. The smallest absolute Gasteiger partial charge is 0.254 e. The van der Waals surface area contributed by atoms with Gasteiger partial charge in [0.15, 0.2) is 0 Å². The standard InChI is InChI=1S/C13H18N2O3/c1-13(2)9-15(7-11(8-16)18-13)12(17)10-3-5-14-6-4-10/h3-6,11,16H,7-9H2,1-2H3. The van der Waals surface area contributed by atoms with Crippen molar-refractivity contribution in [1.82, 2.24) is 9.88 Å². The van der Waals surface area contributed by atoms with Crippen LogP contribution < -0.4 is 0 Å². The Kier molecular flexibility index (Phi) is 3.63. The molecule has 5 heteroatoms. The van der Waals surface area contributed by atoms with Crippen LogP contribution in [-0.2, 0) is 4.74 Å². The normalized spacial score (nSPS) is 22.8. The van der Waals surface area contributed by atoms with Gasteiger partial charge in [-0.25, -0.2) is 0 Å². The van der Waals surface area contributed by atoms with E-state index < -0.39 is 5.60 Å². The average Bonchev–Trinajstić information content (AvgIpc) is 2.37. The second kappa shape index (κ2) is 5.04. The van der Waals surface area contributed by atoms with Crippen LogP contribution in [0.3, 0.4) is 0 Å². The predicted octanol–water partition coefficient (Wildman–Crippen LogP) is 0.694. The van der Waals surface area contributed by atoms with Crippen molar-refractivity contribution in [3.8, 4) is 0 Å². The van der Waals surface area contributed by atoms with Crippen LogP contribution >= 0.6 is 0 Å². The van der Waals surface area contributed by atoms with E-state index in [0.717, 1.165) is 0 Å². The zero-order chi connectivity index (χ0) is 13.2. The molecule has 1 aliphatic heterocycles. The Morgan fingerprint density at radius 2 is 2.22 bits per heavy atom. The fourth-order valence-corrected chi connectivity index (χ4v) is 2.22. The van der Waals surface area contributed by atoms with Crippen LogP contribution in [0.1, 0.15) is 24.2 Å². The van der Waals surface area contributed by atoms with Crippen LogP contribution in [0.4, 0.5) is 0 Å². The Labute approximate surface area is 106 Å². The Balaban J connectivity index is 2.15. The molecule has 0 radical (unpaired) electrons. The van der Waals surface area contributed by atoms with E-state index in [1.54, 1.807) is 29.4 Å². The van der Waals surface area contributed by atoms with Crippen molar-refractivity contribution in [3.05, 3.63) is 30.1 Å². The zero-order valence-corrected chi connectivity index (χ0v) is 10.7. The number of amides is 1. The number of nitrogens with zero attached hydrogens (tertiary/aromatic N) is 2. The molecule has 0 aromatic carbocycles. The van der Waals surface area contributed by atoms with Gasteiger partial charge in [-0.05, 0) is 26.0 Å². The summed E-state index contributed by atoms with van der Waals surface area (Å²) in [6.07, 6.45) is 2.88. The Morgan fingerprint density at radius 1 is 1.56 bits per heavy atom. The SMILES string of the molecule is CC1(C)CN(C(=O)c2ccncc2)CC(CO)O1. The van der Waals surface area contributed by atoms with Gasteiger partial charge in [0, 0.05) is 31.0 Å². The van der Waals surface area contributed by atoms with Crippen LogP contribution in [0.2, 0.25) is 0 Å². The van der Waals surface area contributed by atoms with Crippen molar-refractivity contribution >= 4 is 5.91 Å². The lowest BCUT2D eigenvalue weighted by atomic mass is 10.0. The molecular formula is C13H18N2O3. The van der Waals surface area contributed by atoms with Crippen LogP contribution in [0.5, 0.6) is 0 Å². The van der Waals surface area contributed by atoms with Crippen molar-refractivity contribution in [3.63, 3.8) is 0 Å². The minimum absolute atomic E-state index is 0.0489. The molecule has 1 aromatic heterocycles. The topological polar surface area (TPSA) is 62.7 Å². The summed E-state index contributed by atoms with van der Waals surface area (Å²) in [5, 5.41) is 9.22. The number of rotatable bonds is 2. The van der Waals surface area contributed by atoms with Gasteiger partial charge in [0.1, 0.15) is 0 Å². The van der Waals surface area contributed by atoms with Crippen LogP contribution in [-0.4, -0.2) is 52.3 Å². The number of pyridine rings is 1. The van der Waals surface area contributed by atoms with E-state index in [1.807, 2.05) is 13.8 Å². The molecule has 1 aromatic rings. The molecule has 1 saturated heterocycles. The molecule has 5 nitrogen and oxygen atoms in total. The first-order valence-electron chi connectivity index (χ1n) is 6.00. The van der Waals surface area contributed by atoms with Crippen LogP contribution in [0.25, 0.3) is 0 Å². The molecule has 0 bridgehead atoms. The second-order valence-corrected chi connectivity index (χ2v) is 5.10. The monoisotopic (exact) mass is 250 g/mol. The first-order chi connectivity index (χ1) is 8.52. The van der Waals surface area contributed by atoms with Crippen molar-refractivity contribution in [1.29, 1.82) is 0 Å². The highest BCUT2D eigenvalue weighted by atomic mass is 16.5. The zero-order valence-electron chi connectivity index (χ0n) is 10.7. The first-order valence-corrected chi connectivity index (χ1v) is 6.00.